The molecule has 0 unspecified atom stereocenters. The summed E-state index contributed by atoms with van der Waals surface area (Å²) in [6.07, 6.45) is -1.70. The zero-order chi connectivity index (χ0) is 19.2. The van der Waals surface area contributed by atoms with Gasteiger partial charge in [0.2, 0.25) is 5.16 Å². The fraction of sp³-hybridized carbons (Fsp3) is 0.176. The molecule has 0 N–H and O–H groups in total. The molecule has 0 radical (unpaired) electrons. The van der Waals surface area contributed by atoms with E-state index in [2.05, 4.69) is 15.1 Å². The molecule has 138 valence electrons. The van der Waals surface area contributed by atoms with Crippen molar-refractivity contribution in [3.63, 3.8) is 0 Å². The number of nitrogens with zero attached hydrogens (tertiary/aromatic N) is 5. The summed E-state index contributed by atoms with van der Waals surface area (Å²) in [4.78, 5) is 21.3. The third kappa shape index (κ3) is 3.05. The van der Waals surface area contributed by atoms with Crippen molar-refractivity contribution >= 4 is 28.4 Å². The first-order valence-electron chi connectivity index (χ1n) is 7.96. The van der Waals surface area contributed by atoms with Gasteiger partial charge in [-0.05, 0) is 30.0 Å². The molecule has 0 spiro atoms. The number of alkyl halides is 3. The predicted octanol–water partition coefficient (Wildman–Crippen LogP) is 3.56. The maximum atomic E-state index is 13.0. The predicted molar refractivity (Wildman–Crippen MR) is 95.3 cm³/mol. The van der Waals surface area contributed by atoms with E-state index in [4.69, 9.17) is 0 Å². The Labute approximate surface area is 154 Å². The summed E-state index contributed by atoms with van der Waals surface area (Å²) in [5, 5.41) is 5.11. The van der Waals surface area contributed by atoms with Crippen molar-refractivity contribution in [1.82, 2.24) is 24.1 Å². The monoisotopic (exact) mass is 391 g/mol. The van der Waals surface area contributed by atoms with E-state index >= 15 is 0 Å². The molecule has 4 aromatic rings. The van der Waals surface area contributed by atoms with Gasteiger partial charge >= 0.3 is 6.18 Å². The molecule has 0 aliphatic heterocycles. The van der Waals surface area contributed by atoms with E-state index in [1.807, 2.05) is 6.92 Å². The molecule has 0 fully saturated rings. The number of benzene rings is 1. The highest BCUT2D eigenvalue weighted by Crippen LogP contribution is 2.30. The van der Waals surface area contributed by atoms with Gasteiger partial charge in [0, 0.05) is 18.1 Å². The molecule has 0 saturated carbocycles. The number of aromatic nitrogens is 5. The Bertz CT molecular complexity index is 1210. The summed E-state index contributed by atoms with van der Waals surface area (Å²) >= 11 is 1.44. The van der Waals surface area contributed by atoms with Gasteiger partial charge in [-0.2, -0.15) is 22.7 Å². The molecular formula is C17H12F3N5OS. The first-order valence-corrected chi connectivity index (χ1v) is 8.94. The topological polar surface area (TPSA) is 65.1 Å². The number of fused-ring (bicyclic) bond motifs is 3. The quantitative estimate of drug-likeness (QED) is 0.500. The smallest absolute Gasteiger partial charge is 0.284 e. The van der Waals surface area contributed by atoms with E-state index in [9.17, 15) is 18.0 Å². The molecule has 6 nitrogen and oxygen atoms in total. The molecule has 3 heterocycles. The number of pyridine rings is 1. The van der Waals surface area contributed by atoms with Crippen LogP contribution in [-0.4, -0.2) is 29.9 Å². The maximum Gasteiger partial charge on any atom is 0.416 e. The normalized spacial score (nSPS) is 12.1. The highest BCUT2D eigenvalue weighted by Gasteiger charge is 2.30. The van der Waals surface area contributed by atoms with Crippen LogP contribution in [0.2, 0.25) is 0 Å². The largest absolute Gasteiger partial charge is 0.416 e. The van der Waals surface area contributed by atoms with Crippen LogP contribution in [0.15, 0.2) is 52.7 Å². The Balaban J connectivity index is 1.90. The molecule has 0 aliphatic rings. The van der Waals surface area contributed by atoms with E-state index in [1.54, 1.807) is 6.07 Å². The standard InChI is InChI=1S/C17H12F3N5OS/c1-2-27-16-22-15-21-9-12-13(25(15)23-16)6-7-24(14(12)26)11-5-3-4-10(8-11)17(18,19)20/h3-9H,2H2,1H3. The number of rotatable bonds is 3. The summed E-state index contributed by atoms with van der Waals surface area (Å²) < 4.78 is 41.5. The van der Waals surface area contributed by atoms with Crippen molar-refractivity contribution in [1.29, 1.82) is 0 Å². The maximum absolute atomic E-state index is 13.0. The molecule has 27 heavy (non-hydrogen) atoms. The summed E-state index contributed by atoms with van der Waals surface area (Å²) in [7, 11) is 0. The molecule has 4 rings (SSSR count). The molecule has 0 saturated heterocycles. The minimum Gasteiger partial charge on any atom is -0.284 e. The van der Waals surface area contributed by atoms with Crippen LogP contribution in [0.4, 0.5) is 13.2 Å². The molecule has 0 amide bonds. The second-order valence-electron chi connectivity index (χ2n) is 5.64. The van der Waals surface area contributed by atoms with Gasteiger partial charge in [0.1, 0.15) is 0 Å². The summed E-state index contributed by atoms with van der Waals surface area (Å²) in [5.41, 5.74) is -0.694. The third-order valence-electron chi connectivity index (χ3n) is 3.94. The molecule has 0 bridgehead atoms. The second kappa shape index (κ2) is 6.38. The molecule has 0 atom stereocenters. The third-order valence-corrected chi connectivity index (χ3v) is 4.66. The average Bonchev–Trinajstić information content (AvgIpc) is 3.05. The zero-order valence-corrected chi connectivity index (χ0v) is 14.8. The van der Waals surface area contributed by atoms with E-state index in [0.29, 0.717) is 16.5 Å². The molecule has 3 aromatic heterocycles. The van der Waals surface area contributed by atoms with Gasteiger partial charge < -0.3 is 0 Å². The number of halogens is 3. The van der Waals surface area contributed by atoms with Crippen molar-refractivity contribution < 1.29 is 13.2 Å². The Kier molecular flexibility index (Phi) is 4.14. The van der Waals surface area contributed by atoms with Crippen LogP contribution >= 0.6 is 11.8 Å². The van der Waals surface area contributed by atoms with Gasteiger partial charge in [0.25, 0.3) is 11.3 Å². The van der Waals surface area contributed by atoms with Crippen LogP contribution in [0.5, 0.6) is 0 Å². The van der Waals surface area contributed by atoms with Crippen molar-refractivity contribution in [2.45, 2.75) is 18.3 Å². The highest BCUT2D eigenvalue weighted by molar-refractivity contribution is 7.99. The van der Waals surface area contributed by atoms with Crippen LogP contribution in [0.1, 0.15) is 12.5 Å². The van der Waals surface area contributed by atoms with Crippen molar-refractivity contribution in [3.05, 3.63) is 58.6 Å². The molecular weight excluding hydrogens is 379 g/mol. The van der Waals surface area contributed by atoms with E-state index < -0.39 is 17.3 Å². The first kappa shape index (κ1) is 17.5. The van der Waals surface area contributed by atoms with Gasteiger partial charge in [-0.1, -0.05) is 24.8 Å². The number of thioether (sulfide) groups is 1. The van der Waals surface area contributed by atoms with E-state index in [0.717, 1.165) is 22.5 Å². The summed E-state index contributed by atoms with van der Waals surface area (Å²) in [5.74, 6) is 1.15. The average molecular weight is 391 g/mol. The van der Waals surface area contributed by atoms with Crippen LogP contribution < -0.4 is 5.56 Å². The molecule has 10 heteroatoms. The lowest BCUT2D eigenvalue weighted by molar-refractivity contribution is -0.137. The first-order chi connectivity index (χ1) is 12.9. The van der Waals surface area contributed by atoms with Crippen LogP contribution in [0.25, 0.3) is 22.4 Å². The summed E-state index contributed by atoms with van der Waals surface area (Å²) in [6, 6.07) is 6.22. The molecule has 0 aliphatic carbocycles. The van der Waals surface area contributed by atoms with Crippen LogP contribution in [-0.2, 0) is 6.18 Å². The van der Waals surface area contributed by atoms with Gasteiger partial charge in [-0.3, -0.25) is 9.36 Å². The zero-order valence-electron chi connectivity index (χ0n) is 13.9. The molecule has 1 aromatic carbocycles. The van der Waals surface area contributed by atoms with Gasteiger partial charge in [0.15, 0.2) is 0 Å². The van der Waals surface area contributed by atoms with Gasteiger partial charge in [0.05, 0.1) is 16.5 Å². The van der Waals surface area contributed by atoms with Gasteiger partial charge in [-0.25, -0.2) is 4.98 Å². The second-order valence-corrected chi connectivity index (χ2v) is 6.87. The van der Waals surface area contributed by atoms with Crippen LogP contribution in [0.3, 0.4) is 0 Å². The van der Waals surface area contributed by atoms with Crippen molar-refractivity contribution in [3.8, 4) is 5.69 Å². The number of hydrogen-bond donors (Lipinski definition) is 0. The lowest BCUT2D eigenvalue weighted by atomic mass is 10.2. The van der Waals surface area contributed by atoms with Crippen molar-refractivity contribution in [2.75, 3.05) is 5.75 Å². The summed E-state index contributed by atoms with van der Waals surface area (Å²) in [6.45, 7) is 1.97. The Morgan fingerprint density at radius 2 is 2.04 bits per heavy atom. The van der Waals surface area contributed by atoms with E-state index in [1.165, 1.54) is 40.8 Å². The van der Waals surface area contributed by atoms with Crippen molar-refractivity contribution in [2.24, 2.45) is 0 Å². The van der Waals surface area contributed by atoms with E-state index in [-0.39, 0.29) is 11.1 Å². The Morgan fingerprint density at radius 3 is 2.78 bits per heavy atom. The lowest BCUT2D eigenvalue weighted by Gasteiger charge is -2.11. The Morgan fingerprint density at radius 1 is 1.22 bits per heavy atom. The fourth-order valence-corrected chi connectivity index (χ4v) is 3.27. The van der Waals surface area contributed by atoms with Gasteiger partial charge in [-0.15, -0.1) is 5.10 Å². The minimum absolute atomic E-state index is 0.123. The Hall–Kier alpha value is -2.88. The minimum atomic E-state index is -4.49. The lowest BCUT2D eigenvalue weighted by Crippen LogP contribution is -2.19. The number of hydrogen-bond acceptors (Lipinski definition) is 5. The highest BCUT2D eigenvalue weighted by atomic mass is 32.2. The van der Waals surface area contributed by atoms with Crippen LogP contribution in [0, 0.1) is 0 Å². The fourth-order valence-electron chi connectivity index (χ4n) is 2.73. The SMILES string of the molecule is CCSc1nc2ncc3c(=O)n(-c4cccc(C(F)(F)F)c4)ccc3n2n1.